The lowest BCUT2D eigenvalue weighted by atomic mass is 9.71. The summed E-state index contributed by atoms with van der Waals surface area (Å²) in [7, 11) is 0. The number of rotatable bonds is 5. The highest BCUT2D eigenvalue weighted by molar-refractivity contribution is 5.27. The van der Waals surface area contributed by atoms with E-state index in [1.807, 2.05) is 0 Å². The fourth-order valence-corrected chi connectivity index (χ4v) is 3.45. The Morgan fingerprint density at radius 2 is 1.81 bits per heavy atom. The number of hydrogen-bond acceptors (Lipinski definition) is 0. The third-order valence-corrected chi connectivity index (χ3v) is 5.39. The summed E-state index contributed by atoms with van der Waals surface area (Å²) in [4.78, 5) is 0. The minimum Gasteiger partial charge on any atom is -0.0809 e. The fraction of sp³-hybridized carbons (Fsp3) is 0.524. The Kier molecular flexibility index (Phi) is 5.45. The molecule has 2 atom stereocenters. The van der Waals surface area contributed by atoms with Crippen molar-refractivity contribution in [3.63, 3.8) is 0 Å². The standard InChI is InChI=1S/C21H30/c1-5-19(6-2)20-13-12-17(3)21(4,15-14-20)16-18-10-8-7-9-11-18/h7-14,17,19H,5-6,15-16H2,1-4H3. The van der Waals surface area contributed by atoms with Crippen LogP contribution in [-0.2, 0) is 6.42 Å². The molecule has 2 unspecified atom stereocenters. The fourth-order valence-electron chi connectivity index (χ4n) is 3.45. The second kappa shape index (κ2) is 7.11. The molecule has 1 aliphatic rings. The Morgan fingerprint density at radius 1 is 1.14 bits per heavy atom. The zero-order chi connectivity index (χ0) is 15.3. The minimum absolute atomic E-state index is 0.325. The molecule has 0 aliphatic heterocycles. The summed E-state index contributed by atoms with van der Waals surface area (Å²) in [6.07, 6.45) is 12.2. The highest BCUT2D eigenvalue weighted by Crippen LogP contribution is 2.40. The van der Waals surface area contributed by atoms with Gasteiger partial charge in [0.1, 0.15) is 0 Å². The lowest BCUT2D eigenvalue weighted by Crippen LogP contribution is -2.26. The van der Waals surface area contributed by atoms with Gasteiger partial charge in [-0.1, -0.05) is 76.3 Å². The van der Waals surface area contributed by atoms with E-state index in [9.17, 15) is 0 Å². The van der Waals surface area contributed by atoms with Gasteiger partial charge in [0.2, 0.25) is 0 Å². The van der Waals surface area contributed by atoms with E-state index in [1.165, 1.54) is 24.8 Å². The Balaban J connectivity index is 2.19. The van der Waals surface area contributed by atoms with Crippen LogP contribution < -0.4 is 0 Å². The van der Waals surface area contributed by atoms with Crippen molar-refractivity contribution in [1.29, 1.82) is 0 Å². The van der Waals surface area contributed by atoms with Crippen LogP contribution >= 0.6 is 0 Å². The Bertz CT molecular complexity index is 490. The van der Waals surface area contributed by atoms with Crippen LogP contribution in [0.4, 0.5) is 0 Å². The van der Waals surface area contributed by atoms with Crippen LogP contribution in [0, 0.1) is 17.3 Å². The quantitative estimate of drug-likeness (QED) is 0.603. The van der Waals surface area contributed by atoms with Crippen molar-refractivity contribution >= 4 is 0 Å². The van der Waals surface area contributed by atoms with Gasteiger partial charge in [-0.3, -0.25) is 0 Å². The molecule has 0 fully saturated rings. The summed E-state index contributed by atoms with van der Waals surface area (Å²) in [5.41, 5.74) is 3.34. The minimum atomic E-state index is 0.325. The molecule has 0 heterocycles. The van der Waals surface area contributed by atoms with Crippen LogP contribution in [0.5, 0.6) is 0 Å². The first-order valence-electron chi connectivity index (χ1n) is 8.51. The zero-order valence-electron chi connectivity index (χ0n) is 14.1. The van der Waals surface area contributed by atoms with Crippen LogP contribution in [0.3, 0.4) is 0 Å². The van der Waals surface area contributed by atoms with E-state index in [1.54, 1.807) is 5.57 Å². The number of allylic oxidation sites excluding steroid dienone is 4. The Morgan fingerprint density at radius 3 is 2.43 bits per heavy atom. The molecule has 0 amide bonds. The molecule has 0 saturated carbocycles. The molecule has 0 N–H and O–H groups in total. The maximum Gasteiger partial charge on any atom is -0.0170 e. The van der Waals surface area contributed by atoms with Gasteiger partial charge in [-0.2, -0.15) is 0 Å². The largest absolute Gasteiger partial charge is 0.0809 e. The van der Waals surface area contributed by atoms with E-state index in [-0.39, 0.29) is 0 Å². The summed E-state index contributed by atoms with van der Waals surface area (Å²) in [6.45, 7) is 9.44. The monoisotopic (exact) mass is 282 g/mol. The number of hydrogen-bond donors (Lipinski definition) is 0. The van der Waals surface area contributed by atoms with Crippen LogP contribution in [0.1, 0.15) is 52.5 Å². The predicted molar refractivity (Wildman–Crippen MR) is 93.3 cm³/mol. The molecule has 0 heteroatoms. The molecule has 0 bridgehead atoms. The van der Waals surface area contributed by atoms with E-state index >= 15 is 0 Å². The van der Waals surface area contributed by atoms with Crippen molar-refractivity contribution in [1.82, 2.24) is 0 Å². The van der Waals surface area contributed by atoms with Crippen LogP contribution in [-0.4, -0.2) is 0 Å². The van der Waals surface area contributed by atoms with E-state index in [0.717, 1.165) is 12.3 Å². The average Bonchev–Trinajstić information content (AvgIpc) is 2.63. The molecule has 0 saturated heterocycles. The van der Waals surface area contributed by atoms with E-state index < -0.39 is 0 Å². The highest BCUT2D eigenvalue weighted by Gasteiger charge is 2.30. The van der Waals surface area contributed by atoms with Crippen LogP contribution in [0.2, 0.25) is 0 Å². The first kappa shape index (κ1) is 16.1. The van der Waals surface area contributed by atoms with Crippen molar-refractivity contribution in [2.75, 3.05) is 0 Å². The summed E-state index contributed by atoms with van der Waals surface area (Å²) in [6, 6.07) is 10.9. The maximum atomic E-state index is 2.51. The Hall–Kier alpha value is -1.30. The summed E-state index contributed by atoms with van der Waals surface area (Å²) in [5.74, 6) is 1.34. The van der Waals surface area contributed by atoms with Gasteiger partial charge in [0.05, 0.1) is 0 Å². The van der Waals surface area contributed by atoms with Crippen molar-refractivity contribution < 1.29 is 0 Å². The highest BCUT2D eigenvalue weighted by atomic mass is 14.3. The van der Waals surface area contributed by atoms with Gasteiger partial charge < -0.3 is 0 Å². The van der Waals surface area contributed by atoms with Gasteiger partial charge in [0, 0.05) is 0 Å². The van der Waals surface area contributed by atoms with Gasteiger partial charge in [-0.05, 0) is 54.1 Å². The molecule has 0 spiro atoms. The smallest absolute Gasteiger partial charge is 0.0170 e. The van der Waals surface area contributed by atoms with Crippen molar-refractivity contribution in [2.45, 2.75) is 53.4 Å². The van der Waals surface area contributed by atoms with Gasteiger partial charge in [0.25, 0.3) is 0 Å². The Labute approximate surface area is 131 Å². The van der Waals surface area contributed by atoms with Gasteiger partial charge in [-0.25, -0.2) is 0 Å². The zero-order valence-corrected chi connectivity index (χ0v) is 14.1. The van der Waals surface area contributed by atoms with E-state index in [4.69, 9.17) is 0 Å². The molecule has 21 heavy (non-hydrogen) atoms. The third kappa shape index (κ3) is 3.87. The summed E-state index contributed by atoms with van der Waals surface area (Å²) >= 11 is 0. The van der Waals surface area contributed by atoms with Gasteiger partial charge in [-0.15, -0.1) is 0 Å². The molecule has 0 nitrogen and oxygen atoms in total. The second-order valence-electron chi connectivity index (χ2n) is 6.89. The normalized spacial score (nSPS) is 25.8. The average molecular weight is 282 g/mol. The molecule has 2 rings (SSSR count). The number of benzene rings is 1. The first-order valence-corrected chi connectivity index (χ1v) is 8.51. The van der Waals surface area contributed by atoms with Gasteiger partial charge >= 0.3 is 0 Å². The summed E-state index contributed by atoms with van der Waals surface area (Å²) in [5, 5.41) is 0. The maximum absolute atomic E-state index is 2.51. The topological polar surface area (TPSA) is 0 Å². The van der Waals surface area contributed by atoms with Crippen molar-refractivity contribution in [2.24, 2.45) is 17.3 Å². The van der Waals surface area contributed by atoms with Crippen LogP contribution in [0.15, 0.2) is 54.1 Å². The van der Waals surface area contributed by atoms with E-state index in [0.29, 0.717) is 11.3 Å². The SMILES string of the molecule is CCC(CC)C1=CCC(C)(Cc2ccccc2)C(C)C=C1. The summed E-state index contributed by atoms with van der Waals surface area (Å²) < 4.78 is 0. The predicted octanol–water partition coefficient (Wildman–Crippen LogP) is 6.19. The molecular formula is C21H30. The lowest BCUT2D eigenvalue weighted by Gasteiger charge is -2.33. The van der Waals surface area contributed by atoms with Crippen molar-refractivity contribution in [3.8, 4) is 0 Å². The molecule has 0 aromatic heterocycles. The van der Waals surface area contributed by atoms with Gasteiger partial charge in [0.15, 0.2) is 0 Å². The first-order chi connectivity index (χ1) is 10.1. The van der Waals surface area contributed by atoms with Crippen molar-refractivity contribution in [3.05, 3.63) is 59.7 Å². The lowest BCUT2D eigenvalue weighted by molar-refractivity contribution is 0.246. The molecule has 1 aromatic carbocycles. The molecule has 114 valence electrons. The molecular weight excluding hydrogens is 252 g/mol. The third-order valence-electron chi connectivity index (χ3n) is 5.39. The molecule has 1 aromatic rings. The second-order valence-corrected chi connectivity index (χ2v) is 6.89. The van der Waals surface area contributed by atoms with Crippen LogP contribution in [0.25, 0.3) is 0 Å². The van der Waals surface area contributed by atoms with E-state index in [2.05, 4.69) is 76.3 Å². The molecule has 1 aliphatic carbocycles. The molecule has 0 radical (unpaired) electrons.